The second-order valence-electron chi connectivity index (χ2n) is 5.83. The van der Waals surface area contributed by atoms with Gasteiger partial charge in [0.15, 0.2) is 0 Å². The molecule has 27 heavy (non-hydrogen) atoms. The van der Waals surface area contributed by atoms with Crippen LogP contribution < -0.4 is 5.73 Å². The zero-order valence-electron chi connectivity index (χ0n) is 15.3. The summed E-state index contributed by atoms with van der Waals surface area (Å²) in [5, 5.41) is 0. The van der Waals surface area contributed by atoms with Crippen molar-refractivity contribution in [1.82, 2.24) is 9.88 Å². The van der Waals surface area contributed by atoms with Crippen LogP contribution in [0, 0.1) is 0 Å². The molecule has 9 heteroatoms. The Bertz CT molecular complexity index is 696. The van der Waals surface area contributed by atoms with Crippen molar-refractivity contribution in [3.8, 4) is 0 Å². The second kappa shape index (κ2) is 10.4. The summed E-state index contributed by atoms with van der Waals surface area (Å²) in [5.74, 6) is -1.01. The third kappa shape index (κ3) is 8.48. The van der Waals surface area contributed by atoms with Crippen LogP contribution >= 0.6 is 0 Å². The molecule has 0 spiro atoms. The molecule has 1 amide bonds. The molecule has 0 atom stereocenters. The lowest BCUT2D eigenvalue weighted by Gasteiger charge is -2.22. The molecular weight excluding hydrogens is 361 g/mol. The summed E-state index contributed by atoms with van der Waals surface area (Å²) < 4.78 is 36.5. The lowest BCUT2D eigenvalue weighted by Crippen LogP contribution is -2.33. The zero-order valence-corrected chi connectivity index (χ0v) is 15.3. The van der Waals surface area contributed by atoms with Gasteiger partial charge in [0, 0.05) is 37.7 Å². The van der Waals surface area contributed by atoms with E-state index < -0.39 is 30.7 Å². The van der Waals surface area contributed by atoms with Gasteiger partial charge in [-0.1, -0.05) is 0 Å². The molecule has 0 unspecified atom stereocenters. The highest BCUT2D eigenvalue weighted by Crippen LogP contribution is 2.22. The lowest BCUT2D eigenvalue weighted by molar-refractivity contribution is -0.143. The Labute approximate surface area is 156 Å². The van der Waals surface area contributed by atoms with E-state index in [1.165, 1.54) is 17.3 Å². The number of aromatic nitrogens is 1. The van der Waals surface area contributed by atoms with E-state index in [1.807, 2.05) is 0 Å². The van der Waals surface area contributed by atoms with Crippen molar-refractivity contribution in [2.45, 2.75) is 45.7 Å². The van der Waals surface area contributed by atoms with Crippen molar-refractivity contribution in [1.29, 1.82) is 0 Å². The van der Waals surface area contributed by atoms with Crippen molar-refractivity contribution >= 4 is 23.6 Å². The minimum absolute atomic E-state index is 0.192. The SMILES string of the molecule is CCN(C(=O)CCC(=O)CCC(F)(F)F)C(C=Nc1cccnc1)=C(C)N. The van der Waals surface area contributed by atoms with Crippen LogP contribution in [0.3, 0.4) is 0 Å². The Balaban J connectivity index is 2.75. The number of allylic oxidation sites excluding steroid dienone is 2. The first-order chi connectivity index (χ1) is 12.6. The highest BCUT2D eigenvalue weighted by Gasteiger charge is 2.28. The Hall–Kier alpha value is -2.71. The van der Waals surface area contributed by atoms with Gasteiger partial charge in [0.1, 0.15) is 5.78 Å². The van der Waals surface area contributed by atoms with E-state index in [0.717, 1.165) is 0 Å². The van der Waals surface area contributed by atoms with Crippen LogP contribution in [-0.4, -0.2) is 40.5 Å². The van der Waals surface area contributed by atoms with E-state index in [0.29, 0.717) is 17.1 Å². The average Bonchev–Trinajstić information content (AvgIpc) is 2.61. The van der Waals surface area contributed by atoms with Gasteiger partial charge in [-0.2, -0.15) is 13.2 Å². The molecule has 0 aromatic carbocycles. The molecule has 0 fully saturated rings. The Morgan fingerprint density at radius 3 is 2.52 bits per heavy atom. The molecule has 6 nitrogen and oxygen atoms in total. The summed E-state index contributed by atoms with van der Waals surface area (Å²) in [5.41, 5.74) is 7.14. The molecule has 1 heterocycles. The van der Waals surface area contributed by atoms with Crippen LogP contribution in [-0.2, 0) is 9.59 Å². The van der Waals surface area contributed by atoms with Crippen LogP contribution in [0.15, 0.2) is 40.9 Å². The molecule has 0 aliphatic carbocycles. The Morgan fingerprint density at radius 2 is 2.00 bits per heavy atom. The first kappa shape index (κ1) is 22.3. The van der Waals surface area contributed by atoms with E-state index in [-0.39, 0.29) is 19.4 Å². The van der Waals surface area contributed by atoms with Gasteiger partial charge in [-0.05, 0) is 26.0 Å². The van der Waals surface area contributed by atoms with Gasteiger partial charge in [0.05, 0.1) is 30.2 Å². The summed E-state index contributed by atoms with van der Waals surface area (Å²) in [4.78, 5) is 33.5. The molecule has 0 radical (unpaired) electrons. The van der Waals surface area contributed by atoms with Crippen LogP contribution in [0.1, 0.15) is 39.5 Å². The van der Waals surface area contributed by atoms with Crippen LogP contribution in [0.25, 0.3) is 0 Å². The number of nitrogens with two attached hydrogens (primary N) is 1. The molecule has 1 rings (SSSR count). The standard InChI is InChI=1S/C18H23F3N4O2/c1-3-25(17(27)7-6-15(26)8-9-18(19,20)21)16(13(2)22)12-24-14-5-4-10-23-11-14/h4-5,10-12H,3,6-9,22H2,1-2H3. The number of alkyl halides is 3. The third-order valence-corrected chi connectivity index (χ3v) is 3.60. The molecule has 0 saturated carbocycles. The predicted molar refractivity (Wildman–Crippen MR) is 96.2 cm³/mol. The number of nitrogens with zero attached hydrogens (tertiary/aromatic N) is 3. The number of amides is 1. The number of carbonyl (C=O) groups is 2. The number of carbonyl (C=O) groups excluding carboxylic acids is 2. The Morgan fingerprint density at radius 1 is 1.30 bits per heavy atom. The van der Waals surface area contributed by atoms with Crippen molar-refractivity contribution in [2.75, 3.05) is 6.54 Å². The molecule has 0 aliphatic rings. The summed E-state index contributed by atoms with van der Waals surface area (Å²) >= 11 is 0. The largest absolute Gasteiger partial charge is 0.401 e. The van der Waals surface area contributed by atoms with Crippen LogP contribution in [0.5, 0.6) is 0 Å². The van der Waals surface area contributed by atoms with Crippen LogP contribution in [0.4, 0.5) is 18.9 Å². The van der Waals surface area contributed by atoms with E-state index in [2.05, 4.69) is 9.98 Å². The quantitative estimate of drug-likeness (QED) is 0.660. The number of Topliss-reactive ketones (excluding diaryl/α,β-unsaturated/α-hetero) is 1. The van der Waals surface area contributed by atoms with Gasteiger partial charge >= 0.3 is 6.18 Å². The smallest absolute Gasteiger partial charge is 0.389 e. The minimum atomic E-state index is -4.38. The average molecular weight is 384 g/mol. The molecule has 148 valence electrons. The van der Waals surface area contributed by atoms with Crippen molar-refractivity contribution in [2.24, 2.45) is 10.7 Å². The number of aliphatic imine (C=N–C) groups is 1. The number of pyridine rings is 1. The van der Waals surface area contributed by atoms with Gasteiger partial charge in [-0.3, -0.25) is 19.6 Å². The topological polar surface area (TPSA) is 88.7 Å². The van der Waals surface area contributed by atoms with Crippen molar-refractivity contribution in [3.63, 3.8) is 0 Å². The summed E-state index contributed by atoms with van der Waals surface area (Å²) in [6.07, 6.45) is -2.06. The first-order valence-corrected chi connectivity index (χ1v) is 8.43. The molecule has 0 bridgehead atoms. The van der Waals surface area contributed by atoms with Crippen molar-refractivity contribution < 1.29 is 22.8 Å². The second-order valence-corrected chi connectivity index (χ2v) is 5.83. The third-order valence-electron chi connectivity index (χ3n) is 3.60. The van der Waals surface area contributed by atoms with Gasteiger partial charge < -0.3 is 10.6 Å². The fourth-order valence-electron chi connectivity index (χ4n) is 2.22. The molecule has 1 aromatic heterocycles. The van der Waals surface area contributed by atoms with E-state index in [1.54, 1.807) is 32.2 Å². The maximum Gasteiger partial charge on any atom is 0.389 e. The van der Waals surface area contributed by atoms with Crippen LogP contribution in [0.2, 0.25) is 0 Å². The summed E-state index contributed by atoms with van der Waals surface area (Å²) in [7, 11) is 0. The molecule has 0 saturated heterocycles. The number of hydrogen-bond donors (Lipinski definition) is 1. The molecular formula is C18H23F3N4O2. The van der Waals surface area contributed by atoms with E-state index in [4.69, 9.17) is 5.73 Å². The number of rotatable bonds is 9. The van der Waals surface area contributed by atoms with E-state index >= 15 is 0 Å². The number of ketones is 1. The first-order valence-electron chi connectivity index (χ1n) is 8.43. The highest BCUT2D eigenvalue weighted by atomic mass is 19.4. The minimum Gasteiger partial charge on any atom is -0.401 e. The lowest BCUT2D eigenvalue weighted by atomic mass is 10.1. The summed E-state index contributed by atoms with van der Waals surface area (Å²) in [6, 6.07) is 3.44. The van der Waals surface area contributed by atoms with Crippen molar-refractivity contribution in [3.05, 3.63) is 35.9 Å². The van der Waals surface area contributed by atoms with Gasteiger partial charge in [-0.25, -0.2) is 0 Å². The monoisotopic (exact) mass is 384 g/mol. The van der Waals surface area contributed by atoms with Gasteiger partial charge in [0.25, 0.3) is 0 Å². The maximum atomic E-state index is 12.4. The molecule has 2 N–H and O–H groups in total. The number of halogens is 3. The fraction of sp³-hybridized carbons (Fsp3) is 0.444. The highest BCUT2D eigenvalue weighted by molar-refractivity contribution is 5.91. The molecule has 1 aromatic rings. The number of hydrogen-bond acceptors (Lipinski definition) is 5. The van der Waals surface area contributed by atoms with Gasteiger partial charge in [0.2, 0.25) is 5.91 Å². The maximum absolute atomic E-state index is 12.4. The Kier molecular flexibility index (Phi) is 8.64. The zero-order chi connectivity index (χ0) is 20.4. The fourth-order valence-corrected chi connectivity index (χ4v) is 2.22. The molecule has 0 aliphatic heterocycles. The summed E-state index contributed by atoms with van der Waals surface area (Å²) in [6.45, 7) is 3.61. The normalized spacial score (nSPS) is 12.8. The predicted octanol–water partition coefficient (Wildman–Crippen LogP) is 3.51. The van der Waals surface area contributed by atoms with E-state index in [9.17, 15) is 22.8 Å². The van der Waals surface area contributed by atoms with Gasteiger partial charge in [-0.15, -0.1) is 0 Å².